The summed E-state index contributed by atoms with van der Waals surface area (Å²) < 4.78 is 26.8. The fourth-order valence-corrected chi connectivity index (χ4v) is 4.03. The first kappa shape index (κ1) is 19.7. The van der Waals surface area contributed by atoms with Crippen LogP contribution in [0, 0.1) is 0 Å². The van der Waals surface area contributed by atoms with Crippen LogP contribution >= 0.6 is 22.9 Å². The van der Waals surface area contributed by atoms with Gasteiger partial charge in [-0.05, 0) is 35.7 Å². The lowest BCUT2D eigenvalue weighted by Crippen LogP contribution is -2.34. The Balaban J connectivity index is 1.91. The van der Waals surface area contributed by atoms with E-state index in [2.05, 4.69) is 11.3 Å². The van der Waals surface area contributed by atoms with E-state index >= 15 is 0 Å². The Bertz CT molecular complexity index is 803. The summed E-state index contributed by atoms with van der Waals surface area (Å²) in [5, 5.41) is 2.41. The average Bonchev–Trinajstić information content (AvgIpc) is 3.07. The van der Waals surface area contributed by atoms with Gasteiger partial charge in [0.2, 0.25) is 15.9 Å². The molecule has 0 radical (unpaired) electrons. The molecule has 0 aliphatic carbocycles. The highest BCUT2D eigenvalue weighted by atomic mass is 35.5. The number of carbonyl (C=O) groups is 1. The van der Waals surface area contributed by atoms with E-state index in [4.69, 9.17) is 11.6 Å². The summed E-state index contributed by atoms with van der Waals surface area (Å²) in [6, 6.07) is 9.75. The van der Waals surface area contributed by atoms with Crippen molar-refractivity contribution in [2.75, 3.05) is 13.1 Å². The summed E-state index contributed by atoms with van der Waals surface area (Å²) in [6.07, 6.45) is 1.73. The Morgan fingerprint density at radius 1 is 1.28 bits per heavy atom. The van der Waals surface area contributed by atoms with Gasteiger partial charge >= 0.3 is 0 Å². The first-order chi connectivity index (χ1) is 11.9. The zero-order valence-electron chi connectivity index (χ0n) is 13.5. The first-order valence-electron chi connectivity index (χ1n) is 7.58. The fraction of sp³-hybridized carbons (Fsp3) is 0.235. The summed E-state index contributed by atoms with van der Waals surface area (Å²) in [4.78, 5) is 15.2. The molecule has 0 atom stereocenters. The Labute approximate surface area is 157 Å². The Morgan fingerprint density at radius 2 is 2.00 bits per heavy atom. The van der Waals surface area contributed by atoms with Crippen LogP contribution in [-0.2, 0) is 21.4 Å². The molecule has 5 nitrogen and oxygen atoms in total. The number of hydrogen-bond acceptors (Lipinski definition) is 4. The quantitative estimate of drug-likeness (QED) is 0.659. The van der Waals surface area contributed by atoms with Crippen molar-refractivity contribution in [2.45, 2.75) is 17.9 Å². The summed E-state index contributed by atoms with van der Waals surface area (Å²) in [7, 11) is -3.66. The van der Waals surface area contributed by atoms with Crippen LogP contribution in [0.1, 0.15) is 11.3 Å². The van der Waals surface area contributed by atoms with Crippen LogP contribution in [0.15, 0.2) is 59.3 Å². The molecule has 1 aromatic carbocycles. The van der Waals surface area contributed by atoms with Gasteiger partial charge in [0.1, 0.15) is 0 Å². The maximum atomic E-state index is 12.4. The summed E-state index contributed by atoms with van der Waals surface area (Å²) in [5.41, 5.74) is 0. The molecule has 25 heavy (non-hydrogen) atoms. The molecule has 134 valence electrons. The van der Waals surface area contributed by atoms with Crippen molar-refractivity contribution >= 4 is 38.9 Å². The molecule has 1 aromatic heterocycles. The van der Waals surface area contributed by atoms with Gasteiger partial charge in [-0.3, -0.25) is 4.79 Å². The van der Waals surface area contributed by atoms with Crippen molar-refractivity contribution in [3.8, 4) is 0 Å². The van der Waals surface area contributed by atoms with E-state index in [1.807, 2.05) is 17.5 Å². The van der Waals surface area contributed by atoms with Gasteiger partial charge in [-0.2, -0.15) is 0 Å². The largest absolute Gasteiger partial charge is 0.334 e. The number of nitrogens with zero attached hydrogens (tertiary/aromatic N) is 1. The second-order valence-corrected chi connectivity index (χ2v) is 8.48. The number of rotatable bonds is 9. The number of nitrogens with one attached hydrogen (secondary N) is 1. The van der Waals surface area contributed by atoms with E-state index in [1.54, 1.807) is 22.3 Å². The van der Waals surface area contributed by atoms with Gasteiger partial charge in [-0.25, -0.2) is 13.1 Å². The summed E-state index contributed by atoms with van der Waals surface area (Å²) >= 11 is 7.33. The van der Waals surface area contributed by atoms with Gasteiger partial charge in [-0.15, -0.1) is 17.9 Å². The van der Waals surface area contributed by atoms with Gasteiger partial charge < -0.3 is 4.90 Å². The highest BCUT2D eigenvalue weighted by Gasteiger charge is 2.17. The molecule has 1 amide bonds. The monoisotopic (exact) mass is 398 g/mol. The second kappa shape index (κ2) is 9.15. The standard InChI is InChI=1S/C17H19ClN2O3S2/c1-2-11-20(13-15-4-3-12-24-15)17(21)9-10-19-25(22,23)16-7-5-14(18)6-8-16/h2-8,12,19H,1,9-11,13H2. The molecule has 0 bridgehead atoms. The number of thiophene rings is 1. The molecule has 0 aliphatic rings. The van der Waals surface area contributed by atoms with E-state index in [0.717, 1.165) is 4.88 Å². The zero-order valence-corrected chi connectivity index (χ0v) is 15.9. The Kier molecular flexibility index (Phi) is 7.19. The Morgan fingerprint density at radius 3 is 2.60 bits per heavy atom. The SMILES string of the molecule is C=CCN(Cc1cccs1)C(=O)CCNS(=O)(=O)c1ccc(Cl)cc1. The minimum Gasteiger partial charge on any atom is -0.334 e. The smallest absolute Gasteiger partial charge is 0.240 e. The molecule has 0 saturated carbocycles. The number of carbonyl (C=O) groups excluding carboxylic acids is 1. The number of sulfonamides is 1. The highest BCUT2D eigenvalue weighted by Crippen LogP contribution is 2.14. The van der Waals surface area contributed by atoms with Crippen molar-refractivity contribution < 1.29 is 13.2 Å². The van der Waals surface area contributed by atoms with Crippen molar-refractivity contribution in [1.29, 1.82) is 0 Å². The van der Waals surface area contributed by atoms with Gasteiger partial charge in [0.05, 0.1) is 11.4 Å². The summed E-state index contributed by atoms with van der Waals surface area (Å²) in [5.74, 6) is -0.132. The van der Waals surface area contributed by atoms with Gasteiger partial charge in [0, 0.05) is 29.4 Å². The molecule has 2 aromatic rings. The van der Waals surface area contributed by atoms with E-state index in [0.29, 0.717) is 18.1 Å². The zero-order chi connectivity index (χ0) is 18.3. The highest BCUT2D eigenvalue weighted by molar-refractivity contribution is 7.89. The van der Waals surface area contributed by atoms with Crippen LogP contribution in [0.4, 0.5) is 0 Å². The number of benzene rings is 1. The van der Waals surface area contributed by atoms with Crippen LogP contribution in [-0.4, -0.2) is 32.3 Å². The molecule has 0 unspecified atom stereocenters. The van der Waals surface area contributed by atoms with E-state index < -0.39 is 10.0 Å². The van der Waals surface area contributed by atoms with Gasteiger partial charge in [0.25, 0.3) is 0 Å². The molecule has 0 aliphatic heterocycles. The van der Waals surface area contributed by atoms with E-state index in [-0.39, 0.29) is 23.8 Å². The van der Waals surface area contributed by atoms with Crippen LogP contribution < -0.4 is 4.72 Å². The van der Waals surface area contributed by atoms with Crippen LogP contribution in [0.25, 0.3) is 0 Å². The van der Waals surface area contributed by atoms with Crippen molar-refractivity contribution in [1.82, 2.24) is 9.62 Å². The minimum absolute atomic E-state index is 0.0296. The molecule has 0 fully saturated rings. The number of amides is 1. The van der Waals surface area contributed by atoms with Gasteiger partial charge in [-0.1, -0.05) is 23.7 Å². The maximum absolute atomic E-state index is 12.4. The normalized spacial score (nSPS) is 11.2. The van der Waals surface area contributed by atoms with Crippen molar-refractivity contribution in [3.63, 3.8) is 0 Å². The molecule has 0 saturated heterocycles. The number of hydrogen-bond donors (Lipinski definition) is 1. The van der Waals surface area contributed by atoms with Gasteiger partial charge in [0.15, 0.2) is 0 Å². The predicted octanol–water partition coefficient (Wildman–Crippen LogP) is 3.28. The number of halogens is 1. The fourth-order valence-electron chi connectivity index (χ4n) is 2.15. The molecular weight excluding hydrogens is 380 g/mol. The second-order valence-electron chi connectivity index (χ2n) is 5.24. The van der Waals surface area contributed by atoms with Crippen LogP contribution in [0.3, 0.4) is 0 Å². The van der Waals surface area contributed by atoms with E-state index in [9.17, 15) is 13.2 Å². The molecule has 8 heteroatoms. The molecule has 0 spiro atoms. The lowest BCUT2D eigenvalue weighted by Gasteiger charge is -2.20. The predicted molar refractivity (Wildman–Crippen MR) is 101 cm³/mol. The third-order valence-corrected chi connectivity index (χ3v) is 5.97. The topological polar surface area (TPSA) is 66.5 Å². The average molecular weight is 399 g/mol. The minimum atomic E-state index is -3.66. The lowest BCUT2D eigenvalue weighted by molar-refractivity contribution is -0.131. The van der Waals surface area contributed by atoms with Crippen molar-refractivity contribution in [3.05, 3.63) is 64.3 Å². The first-order valence-corrected chi connectivity index (χ1v) is 10.3. The molecule has 2 rings (SSSR count). The van der Waals surface area contributed by atoms with Crippen molar-refractivity contribution in [2.24, 2.45) is 0 Å². The molecular formula is C17H19ClN2O3S2. The molecule has 1 N–H and O–H groups in total. The Hall–Kier alpha value is -1.67. The van der Waals surface area contributed by atoms with Crippen LogP contribution in [0.5, 0.6) is 0 Å². The lowest BCUT2D eigenvalue weighted by atomic mass is 10.3. The third-order valence-electron chi connectivity index (χ3n) is 3.38. The maximum Gasteiger partial charge on any atom is 0.240 e. The molecule has 1 heterocycles. The van der Waals surface area contributed by atoms with Crippen LogP contribution in [0.2, 0.25) is 5.02 Å². The third kappa shape index (κ3) is 5.97. The van der Waals surface area contributed by atoms with E-state index in [1.165, 1.54) is 24.3 Å². The summed E-state index contributed by atoms with van der Waals surface area (Å²) in [6.45, 7) is 4.61.